The second kappa shape index (κ2) is 11.4. The Morgan fingerprint density at radius 1 is 1.00 bits per heavy atom. The molecule has 11 heteroatoms. The average molecular weight is 407 g/mol. The van der Waals surface area contributed by atoms with Crippen molar-refractivity contribution in [3.63, 3.8) is 0 Å². The van der Waals surface area contributed by atoms with E-state index >= 15 is 0 Å². The van der Waals surface area contributed by atoms with Gasteiger partial charge in [0.2, 0.25) is 23.6 Å². The summed E-state index contributed by atoms with van der Waals surface area (Å²) in [4.78, 5) is 58.6. The van der Waals surface area contributed by atoms with Gasteiger partial charge in [0.25, 0.3) is 0 Å². The summed E-state index contributed by atoms with van der Waals surface area (Å²) in [5.41, 5.74) is 11.1. The van der Waals surface area contributed by atoms with E-state index in [-0.39, 0.29) is 6.42 Å². The maximum atomic E-state index is 12.5. The van der Waals surface area contributed by atoms with Crippen molar-refractivity contribution in [2.45, 2.75) is 37.9 Å². The van der Waals surface area contributed by atoms with Gasteiger partial charge in [0, 0.05) is 6.42 Å². The van der Waals surface area contributed by atoms with Crippen LogP contribution in [0.15, 0.2) is 30.3 Å². The SMILES string of the molecule is CC(N)C(=O)NCC(=O)NC(CC(N)=O)C(=O)NC(Cc1ccccc1)C(=O)O. The molecule has 0 bridgehead atoms. The van der Waals surface area contributed by atoms with Gasteiger partial charge in [-0.2, -0.15) is 0 Å². The van der Waals surface area contributed by atoms with E-state index in [1.807, 2.05) is 0 Å². The van der Waals surface area contributed by atoms with Gasteiger partial charge in [0.1, 0.15) is 12.1 Å². The number of nitrogens with one attached hydrogen (secondary N) is 3. The minimum absolute atomic E-state index is 0.00357. The molecular formula is C18H25N5O6. The van der Waals surface area contributed by atoms with Crippen LogP contribution in [0.25, 0.3) is 0 Å². The van der Waals surface area contributed by atoms with Crippen molar-refractivity contribution in [1.29, 1.82) is 0 Å². The molecule has 0 heterocycles. The summed E-state index contributed by atoms with van der Waals surface area (Å²) in [7, 11) is 0. The zero-order valence-electron chi connectivity index (χ0n) is 15.9. The van der Waals surface area contributed by atoms with E-state index in [9.17, 15) is 29.1 Å². The quantitative estimate of drug-likeness (QED) is 0.236. The number of carboxylic acids is 1. The van der Waals surface area contributed by atoms with Crippen LogP contribution in [0.3, 0.4) is 0 Å². The Bertz CT molecular complexity index is 752. The molecule has 0 spiro atoms. The van der Waals surface area contributed by atoms with E-state index in [4.69, 9.17) is 11.5 Å². The molecule has 4 amide bonds. The van der Waals surface area contributed by atoms with Crippen LogP contribution < -0.4 is 27.4 Å². The minimum Gasteiger partial charge on any atom is -0.480 e. The fourth-order valence-electron chi connectivity index (χ4n) is 2.31. The summed E-state index contributed by atoms with van der Waals surface area (Å²) < 4.78 is 0. The Hall–Kier alpha value is -3.47. The molecule has 0 saturated carbocycles. The molecule has 0 fully saturated rings. The van der Waals surface area contributed by atoms with Gasteiger partial charge in [0.05, 0.1) is 19.0 Å². The van der Waals surface area contributed by atoms with Crippen molar-refractivity contribution < 1.29 is 29.1 Å². The molecule has 0 aliphatic carbocycles. The van der Waals surface area contributed by atoms with E-state index in [0.29, 0.717) is 5.56 Å². The van der Waals surface area contributed by atoms with Crippen molar-refractivity contribution in [2.24, 2.45) is 11.5 Å². The summed E-state index contributed by atoms with van der Waals surface area (Å²) in [6, 6.07) is 5.10. The third-order valence-corrected chi connectivity index (χ3v) is 3.79. The minimum atomic E-state index is -1.40. The standard InChI is InChI=1S/C18H25N5O6/c1-10(19)16(26)21-9-15(25)22-12(8-14(20)24)17(27)23-13(18(28)29)7-11-5-3-2-4-6-11/h2-6,10,12-13H,7-9,19H2,1H3,(H2,20,24)(H,21,26)(H,22,25)(H,23,27)(H,28,29). The number of nitrogens with two attached hydrogens (primary N) is 2. The van der Waals surface area contributed by atoms with Crippen LogP contribution in [0.5, 0.6) is 0 Å². The van der Waals surface area contributed by atoms with Crippen molar-refractivity contribution in [3.05, 3.63) is 35.9 Å². The highest BCUT2D eigenvalue weighted by molar-refractivity contribution is 5.94. The number of benzene rings is 1. The monoisotopic (exact) mass is 407 g/mol. The molecule has 0 aliphatic rings. The Morgan fingerprint density at radius 2 is 1.62 bits per heavy atom. The van der Waals surface area contributed by atoms with Gasteiger partial charge in [0.15, 0.2) is 0 Å². The first-order valence-corrected chi connectivity index (χ1v) is 8.78. The summed E-state index contributed by atoms with van der Waals surface area (Å²) in [6.07, 6.45) is -0.542. The third-order valence-electron chi connectivity index (χ3n) is 3.79. The molecule has 8 N–H and O–H groups in total. The summed E-state index contributed by atoms with van der Waals surface area (Å²) in [6.45, 7) is 0.949. The van der Waals surface area contributed by atoms with Crippen LogP contribution in [0.2, 0.25) is 0 Å². The number of primary amides is 1. The van der Waals surface area contributed by atoms with E-state index in [0.717, 1.165) is 0 Å². The predicted octanol–water partition coefficient (Wildman–Crippen LogP) is -2.38. The van der Waals surface area contributed by atoms with Gasteiger partial charge in [-0.1, -0.05) is 30.3 Å². The summed E-state index contributed by atoms with van der Waals surface area (Å²) in [5, 5.41) is 16.2. The number of aliphatic carboxylic acids is 1. The molecule has 1 rings (SSSR count). The summed E-state index contributed by atoms with van der Waals surface area (Å²) >= 11 is 0. The maximum Gasteiger partial charge on any atom is 0.326 e. The van der Waals surface area contributed by atoms with Crippen molar-refractivity contribution in [3.8, 4) is 0 Å². The van der Waals surface area contributed by atoms with Crippen molar-refractivity contribution in [2.75, 3.05) is 6.54 Å². The van der Waals surface area contributed by atoms with Crippen LogP contribution >= 0.6 is 0 Å². The fourth-order valence-corrected chi connectivity index (χ4v) is 2.31. The lowest BCUT2D eigenvalue weighted by Gasteiger charge is -2.21. The van der Waals surface area contributed by atoms with Crippen molar-refractivity contribution in [1.82, 2.24) is 16.0 Å². The molecule has 0 aliphatic heterocycles. The smallest absolute Gasteiger partial charge is 0.326 e. The van der Waals surface area contributed by atoms with E-state index < -0.39 is 60.7 Å². The molecule has 0 radical (unpaired) electrons. The third kappa shape index (κ3) is 8.84. The van der Waals surface area contributed by atoms with E-state index in [1.165, 1.54) is 6.92 Å². The van der Waals surface area contributed by atoms with Gasteiger partial charge < -0.3 is 32.5 Å². The molecule has 11 nitrogen and oxygen atoms in total. The first-order valence-electron chi connectivity index (χ1n) is 8.78. The molecule has 29 heavy (non-hydrogen) atoms. The Labute approximate surface area is 167 Å². The highest BCUT2D eigenvalue weighted by Gasteiger charge is 2.28. The molecule has 1 aromatic rings. The number of rotatable bonds is 11. The van der Waals surface area contributed by atoms with Gasteiger partial charge >= 0.3 is 5.97 Å². The van der Waals surface area contributed by atoms with Crippen LogP contribution in [-0.4, -0.2) is 59.4 Å². The zero-order chi connectivity index (χ0) is 22.0. The van der Waals surface area contributed by atoms with Crippen LogP contribution in [0, 0.1) is 0 Å². The van der Waals surface area contributed by atoms with Gasteiger partial charge in [-0.05, 0) is 12.5 Å². The molecule has 158 valence electrons. The number of carbonyl (C=O) groups excluding carboxylic acids is 4. The lowest BCUT2D eigenvalue weighted by atomic mass is 10.1. The number of carbonyl (C=O) groups is 5. The first-order chi connectivity index (χ1) is 13.6. The predicted molar refractivity (Wildman–Crippen MR) is 102 cm³/mol. The number of amides is 4. The Kier molecular flexibility index (Phi) is 9.26. The number of hydrogen-bond donors (Lipinski definition) is 6. The average Bonchev–Trinajstić information content (AvgIpc) is 2.65. The Morgan fingerprint density at radius 3 is 2.14 bits per heavy atom. The Balaban J connectivity index is 2.77. The zero-order valence-corrected chi connectivity index (χ0v) is 15.9. The second-order valence-corrected chi connectivity index (χ2v) is 6.39. The molecular weight excluding hydrogens is 382 g/mol. The number of carboxylic acid groups (broad SMARTS) is 1. The van der Waals surface area contributed by atoms with E-state index in [2.05, 4.69) is 16.0 Å². The molecule has 1 aromatic carbocycles. The molecule has 0 saturated heterocycles. The van der Waals surface area contributed by atoms with Crippen LogP contribution in [0.4, 0.5) is 0 Å². The topological polar surface area (TPSA) is 194 Å². The molecule has 0 aromatic heterocycles. The highest BCUT2D eigenvalue weighted by Crippen LogP contribution is 2.04. The largest absolute Gasteiger partial charge is 0.480 e. The van der Waals surface area contributed by atoms with Gasteiger partial charge in [-0.3, -0.25) is 19.2 Å². The lowest BCUT2D eigenvalue weighted by Crippen LogP contribution is -2.55. The molecule has 3 unspecified atom stereocenters. The molecule has 3 atom stereocenters. The van der Waals surface area contributed by atoms with E-state index in [1.54, 1.807) is 30.3 Å². The second-order valence-electron chi connectivity index (χ2n) is 6.39. The number of hydrogen-bond acceptors (Lipinski definition) is 6. The summed E-state index contributed by atoms with van der Waals surface area (Å²) in [5.74, 6) is -4.39. The first kappa shape index (κ1) is 23.6. The van der Waals surface area contributed by atoms with Crippen LogP contribution in [0.1, 0.15) is 18.9 Å². The van der Waals surface area contributed by atoms with Crippen molar-refractivity contribution >= 4 is 29.6 Å². The maximum absolute atomic E-state index is 12.5. The highest BCUT2D eigenvalue weighted by atomic mass is 16.4. The van der Waals surface area contributed by atoms with Gasteiger partial charge in [-0.25, -0.2) is 4.79 Å². The van der Waals surface area contributed by atoms with Crippen LogP contribution in [-0.2, 0) is 30.4 Å². The lowest BCUT2D eigenvalue weighted by molar-refractivity contribution is -0.142. The normalized spacial score (nSPS) is 13.4. The fraction of sp³-hybridized carbons (Fsp3) is 0.389. The van der Waals surface area contributed by atoms with Gasteiger partial charge in [-0.15, -0.1) is 0 Å².